The molecule has 1 aromatic rings. The lowest BCUT2D eigenvalue weighted by Crippen LogP contribution is -2.45. The van der Waals surface area contributed by atoms with E-state index in [-0.39, 0.29) is 28.9 Å². The molecule has 0 amide bonds. The summed E-state index contributed by atoms with van der Waals surface area (Å²) in [6.45, 7) is 11.9. The van der Waals surface area contributed by atoms with Crippen molar-refractivity contribution in [2.45, 2.75) is 59.3 Å². The molecule has 0 radical (unpaired) electrons. The fourth-order valence-corrected chi connectivity index (χ4v) is 5.68. The fourth-order valence-electron chi connectivity index (χ4n) is 5.68. The van der Waals surface area contributed by atoms with E-state index in [4.69, 9.17) is 4.74 Å². The molecule has 0 bridgehead atoms. The highest BCUT2D eigenvalue weighted by atomic mass is 16.5. The standard InChI is InChI=1S/C28H33NO5/c1-6-11-34-22-10-8-7-9-17(22)24-25-18(12-27(2,3)14-20(25)30)29(16-23(32)33)19-13-28(4,5)15-21(31)26(19)24/h6-10,24H,1,11-16H2,2-5H3,(H,32,33). The Kier molecular flexibility index (Phi) is 6.05. The number of allylic oxidation sites excluding steroid dienone is 4. The predicted molar refractivity (Wildman–Crippen MR) is 129 cm³/mol. The summed E-state index contributed by atoms with van der Waals surface area (Å²) < 4.78 is 5.95. The van der Waals surface area contributed by atoms with Gasteiger partial charge in [-0.3, -0.25) is 14.4 Å². The van der Waals surface area contributed by atoms with E-state index in [1.54, 1.807) is 11.0 Å². The van der Waals surface area contributed by atoms with Gasteiger partial charge < -0.3 is 14.7 Å². The fraction of sp³-hybridized carbons (Fsp3) is 0.464. The number of ketones is 2. The van der Waals surface area contributed by atoms with Crippen LogP contribution >= 0.6 is 0 Å². The number of para-hydroxylation sites is 1. The lowest BCUT2D eigenvalue weighted by atomic mass is 9.63. The molecule has 3 aliphatic rings. The van der Waals surface area contributed by atoms with Crippen LogP contribution < -0.4 is 4.74 Å². The molecule has 0 atom stereocenters. The van der Waals surface area contributed by atoms with Gasteiger partial charge in [-0.25, -0.2) is 0 Å². The van der Waals surface area contributed by atoms with Gasteiger partial charge in [-0.2, -0.15) is 0 Å². The van der Waals surface area contributed by atoms with Crippen LogP contribution in [0, 0.1) is 10.8 Å². The topological polar surface area (TPSA) is 83.9 Å². The molecular weight excluding hydrogens is 430 g/mol. The van der Waals surface area contributed by atoms with Gasteiger partial charge in [0.15, 0.2) is 11.6 Å². The Morgan fingerprint density at radius 1 is 1.03 bits per heavy atom. The van der Waals surface area contributed by atoms with Crippen molar-refractivity contribution in [3.63, 3.8) is 0 Å². The molecule has 1 aliphatic heterocycles. The number of carboxylic acids is 1. The summed E-state index contributed by atoms with van der Waals surface area (Å²) in [7, 11) is 0. The Labute approximate surface area is 201 Å². The molecule has 180 valence electrons. The quantitative estimate of drug-likeness (QED) is 0.596. The number of carbonyl (C=O) groups is 3. The number of benzene rings is 1. The van der Waals surface area contributed by atoms with Crippen LogP contribution in [0.3, 0.4) is 0 Å². The number of ether oxygens (including phenoxy) is 1. The lowest BCUT2D eigenvalue weighted by Gasteiger charge is -2.48. The minimum Gasteiger partial charge on any atom is -0.489 e. The zero-order valence-electron chi connectivity index (χ0n) is 20.4. The highest BCUT2D eigenvalue weighted by molar-refractivity contribution is 6.07. The van der Waals surface area contributed by atoms with Crippen molar-refractivity contribution in [3.05, 3.63) is 65.0 Å². The van der Waals surface area contributed by atoms with Gasteiger partial charge in [0.2, 0.25) is 0 Å². The summed E-state index contributed by atoms with van der Waals surface area (Å²) >= 11 is 0. The van der Waals surface area contributed by atoms with Crippen LogP contribution in [-0.4, -0.2) is 40.7 Å². The molecule has 4 rings (SSSR count). The Hall–Kier alpha value is -3.15. The molecule has 0 unspecified atom stereocenters. The van der Waals surface area contributed by atoms with E-state index >= 15 is 0 Å². The maximum atomic E-state index is 13.7. The van der Waals surface area contributed by atoms with Gasteiger partial charge in [-0.05, 0) is 29.7 Å². The molecule has 1 aromatic carbocycles. The van der Waals surface area contributed by atoms with Crippen LogP contribution in [0.2, 0.25) is 0 Å². The number of Topliss-reactive ketones (excluding diaryl/α,β-unsaturated/α-hetero) is 2. The highest BCUT2D eigenvalue weighted by Crippen LogP contribution is 2.55. The van der Waals surface area contributed by atoms with Gasteiger partial charge in [-0.1, -0.05) is 58.5 Å². The summed E-state index contributed by atoms with van der Waals surface area (Å²) in [6.07, 6.45) is 3.49. The molecule has 6 heteroatoms. The molecule has 0 fully saturated rings. The second-order valence-corrected chi connectivity index (χ2v) is 11.2. The molecule has 2 aliphatic carbocycles. The van der Waals surface area contributed by atoms with Crippen molar-refractivity contribution in [3.8, 4) is 5.75 Å². The molecule has 34 heavy (non-hydrogen) atoms. The Bertz CT molecular complexity index is 1080. The molecule has 0 aromatic heterocycles. The SMILES string of the molecule is C=CCOc1ccccc1C1C2=C(CC(C)(C)CC2=O)N(CC(=O)O)C2=C1C(=O)CC(C)(C)C2. The highest BCUT2D eigenvalue weighted by Gasteiger charge is 2.49. The molecule has 0 spiro atoms. The summed E-state index contributed by atoms with van der Waals surface area (Å²) in [5.74, 6) is -1.02. The van der Waals surface area contributed by atoms with Gasteiger partial charge in [0.1, 0.15) is 18.9 Å². The van der Waals surface area contributed by atoms with Crippen molar-refractivity contribution >= 4 is 17.5 Å². The van der Waals surface area contributed by atoms with Crippen molar-refractivity contribution in [1.29, 1.82) is 0 Å². The zero-order valence-corrected chi connectivity index (χ0v) is 20.4. The molecular formula is C28H33NO5. The third-order valence-corrected chi connectivity index (χ3v) is 6.90. The third-order valence-electron chi connectivity index (χ3n) is 6.90. The van der Waals surface area contributed by atoms with Crippen LogP contribution in [0.25, 0.3) is 0 Å². The lowest BCUT2D eigenvalue weighted by molar-refractivity contribution is -0.138. The number of hydrogen-bond donors (Lipinski definition) is 1. The average Bonchev–Trinajstić information content (AvgIpc) is 2.71. The van der Waals surface area contributed by atoms with E-state index in [0.717, 1.165) is 17.0 Å². The minimum absolute atomic E-state index is 0.0330. The normalized spacial score (nSPS) is 21.8. The largest absolute Gasteiger partial charge is 0.489 e. The second kappa shape index (κ2) is 8.57. The summed E-state index contributed by atoms with van der Waals surface area (Å²) in [4.78, 5) is 41.0. The average molecular weight is 464 g/mol. The van der Waals surface area contributed by atoms with Gasteiger partial charge in [0.25, 0.3) is 0 Å². The first-order valence-corrected chi connectivity index (χ1v) is 11.8. The Morgan fingerprint density at radius 3 is 2.06 bits per heavy atom. The summed E-state index contributed by atoms with van der Waals surface area (Å²) in [5, 5.41) is 9.78. The molecule has 6 nitrogen and oxygen atoms in total. The number of aliphatic carboxylic acids is 1. The number of hydrogen-bond acceptors (Lipinski definition) is 5. The predicted octanol–water partition coefficient (Wildman–Crippen LogP) is 5.02. The van der Waals surface area contributed by atoms with E-state index in [0.29, 0.717) is 49.2 Å². The van der Waals surface area contributed by atoms with Gasteiger partial charge in [-0.15, -0.1) is 0 Å². The number of rotatable bonds is 6. The first-order valence-electron chi connectivity index (χ1n) is 11.8. The molecule has 0 saturated carbocycles. The van der Waals surface area contributed by atoms with E-state index in [2.05, 4.69) is 6.58 Å². The zero-order chi connectivity index (χ0) is 24.8. The van der Waals surface area contributed by atoms with Crippen LogP contribution in [0.5, 0.6) is 5.75 Å². The van der Waals surface area contributed by atoms with Crippen LogP contribution in [0.1, 0.15) is 64.9 Å². The first-order chi connectivity index (χ1) is 15.9. The number of nitrogens with zero attached hydrogens (tertiary/aromatic N) is 1. The monoisotopic (exact) mass is 463 g/mol. The number of carbonyl (C=O) groups excluding carboxylic acids is 2. The smallest absolute Gasteiger partial charge is 0.323 e. The molecule has 1 N–H and O–H groups in total. The number of carboxylic acid groups (broad SMARTS) is 1. The van der Waals surface area contributed by atoms with E-state index in [1.807, 2.05) is 52.0 Å². The van der Waals surface area contributed by atoms with Crippen molar-refractivity contribution in [2.24, 2.45) is 10.8 Å². The van der Waals surface area contributed by atoms with Gasteiger partial charge in [0, 0.05) is 46.9 Å². The van der Waals surface area contributed by atoms with Crippen molar-refractivity contribution in [1.82, 2.24) is 4.90 Å². The minimum atomic E-state index is -0.987. The maximum Gasteiger partial charge on any atom is 0.323 e. The van der Waals surface area contributed by atoms with Crippen LogP contribution in [0.4, 0.5) is 0 Å². The van der Waals surface area contributed by atoms with Gasteiger partial charge >= 0.3 is 5.97 Å². The van der Waals surface area contributed by atoms with Crippen LogP contribution in [-0.2, 0) is 14.4 Å². The Balaban J connectivity index is 2.01. The maximum absolute atomic E-state index is 13.7. The van der Waals surface area contributed by atoms with E-state index < -0.39 is 11.9 Å². The summed E-state index contributed by atoms with van der Waals surface area (Å²) in [6, 6.07) is 7.50. The van der Waals surface area contributed by atoms with E-state index in [1.165, 1.54) is 0 Å². The van der Waals surface area contributed by atoms with Crippen LogP contribution in [0.15, 0.2) is 59.5 Å². The molecule has 0 saturated heterocycles. The summed E-state index contributed by atoms with van der Waals surface area (Å²) in [5.41, 5.74) is 2.71. The third kappa shape index (κ3) is 4.33. The van der Waals surface area contributed by atoms with Gasteiger partial charge in [0.05, 0.1) is 0 Å². The molecule has 1 heterocycles. The first kappa shape index (κ1) is 24.0. The van der Waals surface area contributed by atoms with E-state index in [9.17, 15) is 19.5 Å². The van der Waals surface area contributed by atoms with Crippen molar-refractivity contribution < 1.29 is 24.2 Å². The van der Waals surface area contributed by atoms with Crippen molar-refractivity contribution in [2.75, 3.05) is 13.2 Å². The Morgan fingerprint density at radius 2 is 1.56 bits per heavy atom. The second-order valence-electron chi connectivity index (χ2n) is 11.2.